The van der Waals surface area contributed by atoms with Crippen LogP contribution in [0.3, 0.4) is 0 Å². The second kappa shape index (κ2) is 7.96. The highest BCUT2D eigenvalue weighted by atomic mass is 16.5. The van der Waals surface area contributed by atoms with E-state index >= 15 is 0 Å². The number of rotatable bonds is 8. The predicted molar refractivity (Wildman–Crippen MR) is 76.6 cm³/mol. The van der Waals surface area contributed by atoms with Gasteiger partial charge in [0.25, 0.3) is 0 Å². The zero-order chi connectivity index (χ0) is 15.8. The van der Waals surface area contributed by atoms with Crippen LogP contribution in [-0.4, -0.2) is 35.0 Å². The molecular weight excluding hydrogens is 288 g/mol. The zero-order valence-electron chi connectivity index (χ0n) is 12.3. The van der Waals surface area contributed by atoms with Gasteiger partial charge in [0.2, 0.25) is 23.5 Å². The number of aromatic nitrogens is 2. The smallest absolute Gasteiger partial charge is 0.239 e. The molecule has 0 atom stereocenters. The van der Waals surface area contributed by atoms with Crippen molar-refractivity contribution in [1.82, 2.24) is 20.8 Å². The number of aryl methyl sites for hydroxylation is 1. The molecule has 2 amide bonds. The van der Waals surface area contributed by atoms with Gasteiger partial charge in [0, 0.05) is 19.4 Å². The van der Waals surface area contributed by atoms with Crippen molar-refractivity contribution in [2.45, 2.75) is 26.2 Å². The van der Waals surface area contributed by atoms with Gasteiger partial charge in [0.15, 0.2) is 5.76 Å². The summed E-state index contributed by atoms with van der Waals surface area (Å²) in [7, 11) is 0. The number of carbonyl (C=O) groups excluding carboxylic acids is 2. The van der Waals surface area contributed by atoms with Gasteiger partial charge in [0.1, 0.15) is 0 Å². The number of carbonyl (C=O) groups is 2. The molecule has 2 aromatic heterocycles. The molecule has 2 rings (SSSR count). The lowest BCUT2D eigenvalue weighted by molar-refractivity contribution is -0.126. The Hall–Kier alpha value is -2.64. The van der Waals surface area contributed by atoms with Crippen LogP contribution in [0.2, 0.25) is 0 Å². The average molecular weight is 306 g/mol. The van der Waals surface area contributed by atoms with Crippen molar-refractivity contribution in [2.24, 2.45) is 0 Å². The van der Waals surface area contributed by atoms with E-state index in [9.17, 15) is 9.59 Å². The van der Waals surface area contributed by atoms with Gasteiger partial charge in [-0.15, -0.1) is 0 Å². The largest absolute Gasteiger partial charge is 0.461 e. The first kappa shape index (κ1) is 15.7. The maximum absolute atomic E-state index is 11.6. The third-order valence-corrected chi connectivity index (χ3v) is 2.79. The molecule has 0 saturated carbocycles. The summed E-state index contributed by atoms with van der Waals surface area (Å²) >= 11 is 0. The molecule has 2 N–H and O–H groups in total. The van der Waals surface area contributed by atoms with E-state index in [-0.39, 0.29) is 24.8 Å². The minimum absolute atomic E-state index is 0.0275. The van der Waals surface area contributed by atoms with E-state index in [0.717, 1.165) is 6.42 Å². The van der Waals surface area contributed by atoms with Crippen LogP contribution < -0.4 is 10.6 Å². The van der Waals surface area contributed by atoms with Gasteiger partial charge in [-0.25, -0.2) is 0 Å². The molecule has 0 aliphatic heterocycles. The molecule has 0 aromatic carbocycles. The fraction of sp³-hybridized carbons (Fsp3) is 0.429. The fourth-order valence-electron chi connectivity index (χ4n) is 1.68. The van der Waals surface area contributed by atoms with E-state index in [0.29, 0.717) is 30.4 Å². The quantitative estimate of drug-likeness (QED) is 0.750. The molecule has 8 heteroatoms. The van der Waals surface area contributed by atoms with Crippen LogP contribution in [0.15, 0.2) is 27.3 Å². The number of hydrogen-bond acceptors (Lipinski definition) is 6. The van der Waals surface area contributed by atoms with Crippen LogP contribution in [0.4, 0.5) is 0 Å². The summed E-state index contributed by atoms with van der Waals surface area (Å²) in [5.74, 6) is 0.751. The Balaban J connectivity index is 1.71. The number of furan rings is 1. The Morgan fingerprint density at radius 2 is 2.14 bits per heavy atom. The van der Waals surface area contributed by atoms with Crippen molar-refractivity contribution in [2.75, 3.05) is 13.1 Å². The summed E-state index contributed by atoms with van der Waals surface area (Å²) in [5.41, 5.74) is 0. The molecule has 2 aromatic rings. The summed E-state index contributed by atoms with van der Waals surface area (Å²) in [6.07, 6.45) is 2.84. The number of nitrogens with zero attached hydrogens (tertiary/aromatic N) is 2. The molecule has 0 fully saturated rings. The molecule has 0 unspecified atom stereocenters. The van der Waals surface area contributed by atoms with Crippen molar-refractivity contribution < 1.29 is 18.5 Å². The summed E-state index contributed by atoms with van der Waals surface area (Å²) in [4.78, 5) is 27.1. The lowest BCUT2D eigenvalue weighted by Crippen LogP contribution is -2.37. The second-order valence-electron chi connectivity index (χ2n) is 4.62. The van der Waals surface area contributed by atoms with Crippen LogP contribution in [-0.2, 0) is 16.0 Å². The van der Waals surface area contributed by atoms with Gasteiger partial charge >= 0.3 is 0 Å². The highest BCUT2D eigenvalue weighted by molar-refractivity contribution is 5.84. The molecule has 22 heavy (non-hydrogen) atoms. The van der Waals surface area contributed by atoms with Crippen LogP contribution >= 0.6 is 0 Å². The standard InChI is InChI=1S/C14H18N4O4/c1-2-7-15-12(20)9-16-11(19)5-6-13-17-14(18-22-13)10-4-3-8-21-10/h3-4,8H,2,5-7,9H2,1H3,(H,15,20)(H,16,19). The van der Waals surface area contributed by atoms with E-state index in [4.69, 9.17) is 8.94 Å². The lowest BCUT2D eigenvalue weighted by atomic mass is 10.3. The predicted octanol–water partition coefficient (Wildman–Crippen LogP) is 0.905. The monoisotopic (exact) mass is 306 g/mol. The zero-order valence-corrected chi connectivity index (χ0v) is 12.3. The Morgan fingerprint density at radius 1 is 1.27 bits per heavy atom. The molecule has 0 bridgehead atoms. The molecule has 0 radical (unpaired) electrons. The highest BCUT2D eigenvalue weighted by Crippen LogP contribution is 2.16. The van der Waals surface area contributed by atoms with Gasteiger partial charge in [-0.05, 0) is 18.6 Å². The summed E-state index contributed by atoms with van der Waals surface area (Å²) in [6.45, 7) is 2.53. The Bertz CT molecular complexity index is 606. The molecule has 0 saturated heterocycles. The second-order valence-corrected chi connectivity index (χ2v) is 4.62. The SMILES string of the molecule is CCCNC(=O)CNC(=O)CCc1nc(-c2ccco2)no1. The molecule has 0 aliphatic carbocycles. The van der Waals surface area contributed by atoms with Gasteiger partial charge in [-0.2, -0.15) is 4.98 Å². The van der Waals surface area contributed by atoms with E-state index in [1.54, 1.807) is 12.1 Å². The van der Waals surface area contributed by atoms with Crippen molar-refractivity contribution in [3.8, 4) is 11.6 Å². The van der Waals surface area contributed by atoms with Crippen molar-refractivity contribution in [3.63, 3.8) is 0 Å². The molecule has 118 valence electrons. The van der Waals surface area contributed by atoms with E-state index in [2.05, 4.69) is 20.8 Å². The first-order valence-electron chi connectivity index (χ1n) is 7.09. The maximum Gasteiger partial charge on any atom is 0.239 e. The van der Waals surface area contributed by atoms with Crippen molar-refractivity contribution in [1.29, 1.82) is 0 Å². The fourth-order valence-corrected chi connectivity index (χ4v) is 1.68. The summed E-state index contributed by atoms with van der Waals surface area (Å²) in [6, 6.07) is 3.44. The van der Waals surface area contributed by atoms with E-state index in [1.165, 1.54) is 6.26 Å². The summed E-state index contributed by atoms with van der Waals surface area (Å²) in [5, 5.41) is 8.98. The number of nitrogens with one attached hydrogen (secondary N) is 2. The molecule has 0 aliphatic rings. The average Bonchev–Trinajstić information content (AvgIpc) is 3.19. The van der Waals surface area contributed by atoms with Gasteiger partial charge in [-0.1, -0.05) is 12.1 Å². The molecule has 8 nitrogen and oxygen atoms in total. The van der Waals surface area contributed by atoms with Crippen molar-refractivity contribution in [3.05, 3.63) is 24.3 Å². The Labute approximate surface area is 127 Å². The van der Waals surface area contributed by atoms with Gasteiger partial charge < -0.3 is 19.6 Å². The minimum atomic E-state index is -0.246. The van der Waals surface area contributed by atoms with Crippen LogP contribution in [0.1, 0.15) is 25.7 Å². The van der Waals surface area contributed by atoms with Crippen LogP contribution in [0.25, 0.3) is 11.6 Å². The summed E-state index contributed by atoms with van der Waals surface area (Å²) < 4.78 is 10.2. The van der Waals surface area contributed by atoms with Gasteiger partial charge in [0.05, 0.1) is 12.8 Å². The molecule has 2 heterocycles. The van der Waals surface area contributed by atoms with Crippen LogP contribution in [0, 0.1) is 0 Å². The number of amides is 2. The van der Waals surface area contributed by atoms with Gasteiger partial charge in [-0.3, -0.25) is 9.59 Å². The highest BCUT2D eigenvalue weighted by Gasteiger charge is 2.12. The Kier molecular flexibility index (Phi) is 5.70. The molecule has 0 spiro atoms. The maximum atomic E-state index is 11.6. The first-order chi connectivity index (χ1) is 10.7. The third kappa shape index (κ3) is 4.72. The lowest BCUT2D eigenvalue weighted by Gasteiger charge is -2.04. The van der Waals surface area contributed by atoms with Crippen molar-refractivity contribution >= 4 is 11.8 Å². The third-order valence-electron chi connectivity index (χ3n) is 2.79. The van der Waals surface area contributed by atoms with E-state index in [1.807, 2.05) is 6.92 Å². The molecular formula is C14H18N4O4. The number of hydrogen-bond donors (Lipinski definition) is 2. The topological polar surface area (TPSA) is 110 Å². The van der Waals surface area contributed by atoms with E-state index < -0.39 is 0 Å². The Morgan fingerprint density at radius 3 is 2.86 bits per heavy atom. The minimum Gasteiger partial charge on any atom is -0.461 e. The first-order valence-corrected chi connectivity index (χ1v) is 7.09. The normalized spacial score (nSPS) is 10.4. The van der Waals surface area contributed by atoms with Crippen LogP contribution in [0.5, 0.6) is 0 Å².